The van der Waals surface area contributed by atoms with Crippen molar-refractivity contribution in [1.29, 1.82) is 0 Å². The number of rotatable bonds is 7. The molecule has 5 nitrogen and oxygen atoms in total. The Balaban J connectivity index is 1.88. The fourth-order valence-corrected chi connectivity index (χ4v) is 1.92. The van der Waals surface area contributed by atoms with Gasteiger partial charge in [0.1, 0.15) is 18.2 Å². The lowest BCUT2D eigenvalue weighted by molar-refractivity contribution is 0.249. The number of nitrogens with one attached hydrogen (secondary N) is 2. The van der Waals surface area contributed by atoms with Crippen LogP contribution < -0.4 is 15.4 Å². The lowest BCUT2D eigenvalue weighted by atomic mass is 10.2. The van der Waals surface area contributed by atoms with E-state index in [-0.39, 0.29) is 25.1 Å². The Hall–Kier alpha value is -2.60. The standard InChI is InChI=1S/C17H19FN2O3/c18-14-5-2-7-16(11-14)23-12-13-4-1-6-15(10-13)20-17(22)19-8-3-9-21/h1-2,4-7,10-11,21H,3,8-9,12H2,(H2,19,20,22). The molecule has 0 saturated carbocycles. The minimum Gasteiger partial charge on any atom is -0.489 e. The molecule has 2 rings (SSSR count). The molecule has 0 saturated heterocycles. The summed E-state index contributed by atoms with van der Waals surface area (Å²) in [5, 5.41) is 14.0. The third kappa shape index (κ3) is 5.96. The molecule has 0 aliphatic heterocycles. The molecule has 0 aliphatic carbocycles. The molecule has 0 heterocycles. The Labute approximate surface area is 134 Å². The molecule has 2 amide bonds. The first-order chi connectivity index (χ1) is 11.2. The Morgan fingerprint density at radius 2 is 2.00 bits per heavy atom. The molecule has 2 aromatic rings. The van der Waals surface area contributed by atoms with E-state index in [0.29, 0.717) is 24.4 Å². The molecule has 2 aromatic carbocycles. The van der Waals surface area contributed by atoms with E-state index in [4.69, 9.17) is 9.84 Å². The number of benzene rings is 2. The lowest BCUT2D eigenvalue weighted by Crippen LogP contribution is -2.29. The van der Waals surface area contributed by atoms with Gasteiger partial charge < -0.3 is 20.5 Å². The molecule has 0 fully saturated rings. The molecule has 23 heavy (non-hydrogen) atoms. The van der Waals surface area contributed by atoms with Crippen molar-refractivity contribution < 1.29 is 19.0 Å². The molecule has 6 heteroatoms. The van der Waals surface area contributed by atoms with Gasteiger partial charge in [0, 0.05) is 24.9 Å². The number of amides is 2. The van der Waals surface area contributed by atoms with Crippen molar-refractivity contribution in [2.45, 2.75) is 13.0 Å². The van der Waals surface area contributed by atoms with Gasteiger partial charge in [0.2, 0.25) is 0 Å². The molecule has 0 aliphatic rings. The average Bonchev–Trinajstić information content (AvgIpc) is 2.54. The largest absolute Gasteiger partial charge is 0.489 e. The van der Waals surface area contributed by atoms with Gasteiger partial charge in [0.05, 0.1) is 0 Å². The number of hydrogen-bond donors (Lipinski definition) is 3. The SMILES string of the molecule is O=C(NCCCO)Nc1cccc(COc2cccc(F)c2)c1. The maximum atomic E-state index is 13.1. The van der Waals surface area contributed by atoms with Gasteiger partial charge in [-0.05, 0) is 36.2 Å². The van der Waals surface area contributed by atoms with Crippen LogP contribution in [0.25, 0.3) is 0 Å². The number of ether oxygens (including phenoxy) is 1. The average molecular weight is 318 g/mol. The van der Waals surface area contributed by atoms with E-state index in [0.717, 1.165) is 5.56 Å². The van der Waals surface area contributed by atoms with E-state index in [1.807, 2.05) is 6.07 Å². The van der Waals surface area contributed by atoms with E-state index in [1.165, 1.54) is 12.1 Å². The van der Waals surface area contributed by atoms with Gasteiger partial charge in [-0.25, -0.2) is 9.18 Å². The number of carbonyl (C=O) groups is 1. The lowest BCUT2D eigenvalue weighted by Gasteiger charge is -2.10. The van der Waals surface area contributed by atoms with Crippen LogP contribution in [0.4, 0.5) is 14.9 Å². The van der Waals surface area contributed by atoms with Crippen LogP contribution in [0.2, 0.25) is 0 Å². The Morgan fingerprint density at radius 1 is 1.17 bits per heavy atom. The molecule has 3 N–H and O–H groups in total. The number of anilines is 1. The van der Waals surface area contributed by atoms with Crippen LogP contribution in [0.3, 0.4) is 0 Å². The topological polar surface area (TPSA) is 70.6 Å². The van der Waals surface area contributed by atoms with Crippen molar-refractivity contribution in [2.75, 3.05) is 18.5 Å². The van der Waals surface area contributed by atoms with Crippen LogP contribution in [0.1, 0.15) is 12.0 Å². The highest BCUT2D eigenvalue weighted by Gasteiger charge is 2.03. The summed E-state index contributed by atoms with van der Waals surface area (Å²) in [6.45, 7) is 0.711. The summed E-state index contributed by atoms with van der Waals surface area (Å²) in [5.74, 6) is 0.0996. The zero-order chi connectivity index (χ0) is 16.5. The predicted octanol–water partition coefficient (Wildman–Crippen LogP) is 2.91. The van der Waals surface area contributed by atoms with Crippen LogP contribution in [0.15, 0.2) is 48.5 Å². The Kier molecular flexibility index (Phi) is 6.38. The highest BCUT2D eigenvalue weighted by Crippen LogP contribution is 2.16. The summed E-state index contributed by atoms with van der Waals surface area (Å²) in [5.41, 5.74) is 1.48. The van der Waals surface area contributed by atoms with Crippen molar-refractivity contribution in [2.24, 2.45) is 0 Å². The molecule has 0 radical (unpaired) electrons. The Morgan fingerprint density at radius 3 is 2.78 bits per heavy atom. The summed E-state index contributed by atoms with van der Waals surface area (Å²) >= 11 is 0. The third-order valence-corrected chi connectivity index (χ3v) is 3.01. The van der Waals surface area contributed by atoms with Gasteiger partial charge >= 0.3 is 6.03 Å². The number of carbonyl (C=O) groups excluding carboxylic acids is 1. The second-order valence-corrected chi connectivity index (χ2v) is 4.90. The quantitative estimate of drug-likeness (QED) is 0.688. The first kappa shape index (κ1) is 16.8. The molecule has 0 atom stereocenters. The fraction of sp³-hybridized carbons (Fsp3) is 0.235. The number of aliphatic hydroxyl groups excluding tert-OH is 1. The number of urea groups is 1. The summed E-state index contributed by atoms with van der Waals surface area (Å²) in [6, 6.07) is 12.8. The van der Waals surface area contributed by atoms with Gasteiger partial charge in [0.25, 0.3) is 0 Å². The number of hydrogen-bond acceptors (Lipinski definition) is 3. The van der Waals surface area contributed by atoms with Crippen LogP contribution in [-0.4, -0.2) is 24.3 Å². The summed E-state index contributed by atoms with van der Waals surface area (Å²) in [7, 11) is 0. The fourth-order valence-electron chi connectivity index (χ4n) is 1.92. The zero-order valence-corrected chi connectivity index (χ0v) is 12.6. The minimum atomic E-state index is -0.350. The van der Waals surface area contributed by atoms with E-state index < -0.39 is 0 Å². The van der Waals surface area contributed by atoms with Crippen molar-refractivity contribution in [3.05, 3.63) is 59.9 Å². The van der Waals surface area contributed by atoms with Gasteiger partial charge in [-0.1, -0.05) is 18.2 Å². The van der Waals surface area contributed by atoms with Crippen molar-refractivity contribution in [3.63, 3.8) is 0 Å². The van der Waals surface area contributed by atoms with E-state index >= 15 is 0 Å². The number of halogens is 1. The first-order valence-corrected chi connectivity index (χ1v) is 7.30. The van der Waals surface area contributed by atoms with Crippen molar-refractivity contribution in [1.82, 2.24) is 5.32 Å². The van der Waals surface area contributed by atoms with Gasteiger partial charge in [0.15, 0.2) is 0 Å². The van der Waals surface area contributed by atoms with Gasteiger partial charge in [-0.2, -0.15) is 0 Å². The molecular formula is C17H19FN2O3. The highest BCUT2D eigenvalue weighted by atomic mass is 19.1. The van der Waals surface area contributed by atoms with Crippen LogP contribution in [0, 0.1) is 5.82 Å². The second-order valence-electron chi connectivity index (χ2n) is 4.90. The zero-order valence-electron chi connectivity index (χ0n) is 12.6. The van der Waals surface area contributed by atoms with E-state index in [1.54, 1.807) is 30.3 Å². The number of aliphatic hydroxyl groups is 1. The van der Waals surface area contributed by atoms with Crippen LogP contribution in [-0.2, 0) is 6.61 Å². The minimum absolute atomic E-state index is 0.0349. The molecule has 0 bridgehead atoms. The van der Waals surface area contributed by atoms with E-state index in [2.05, 4.69) is 10.6 Å². The highest BCUT2D eigenvalue weighted by molar-refractivity contribution is 5.89. The van der Waals surface area contributed by atoms with Crippen LogP contribution >= 0.6 is 0 Å². The molecule has 0 aromatic heterocycles. The molecular weight excluding hydrogens is 299 g/mol. The second kappa shape index (κ2) is 8.75. The molecule has 0 spiro atoms. The van der Waals surface area contributed by atoms with E-state index in [9.17, 15) is 9.18 Å². The summed E-state index contributed by atoms with van der Waals surface area (Å²) in [4.78, 5) is 11.6. The van der Waals surface area contributed by atoms with Gasteiger partial charge in [-0.15, -0.1) is 0 Å². The summed E-state index contributed by atoms with van der Waals surface area (Å²) in [6.07, 6.45) is 0.509. The normalized spacial score (nSPS) is 10.2. The third-order valence-electron chi connectivity index (χ3n) is 3.01. The molecule has 0 unspecified atom stereocenters. The monoisotopic (exact) mass is 318 g/mol. The maximum Gasteiger partial charge on any atom is 0.319 e. The molecule has 122 valence electrons. The first-order valence-electron chi connectivity index (χ1n) is 7.30. The van der Waals surface area contributed by atoms with Crippen LogP contribution in [0.5, 0.6) is 5.75 Å². The van der Waals surface area contributed by atoms with Crippen molar-refractivity contribution >= 4 is 11.7 Å². The smallest absolute Gasteiger partial charge is 0.319 e. The van der Waals surface area contributed by atoms with Gasteiger partial charge in [-0.3, -0.25) is 0 Å². The predicted molar refractivity (Wildman–Crippen MR) is 85.9 cm³/mol. The summed E-state index contributed by atoms with van der Waals surface area (Å²) < 4.78 is 18.6. The maximum absolute atomic E-state index is 13.1. The Bertz CT molecular complexity index is 649. The van der Waals surface area contributed by atoms with Crippen molar-refractivity contribution in [3.8, 4) is 5.75 Å².